The molecule has 0 spiro atoms. The van der Waals surface area contributed by atoms with E-state index in [4.69, 9.17) is 14.5 Å². The average Bonchev–Trinajstić information content (AvgIpc) is 3.66. The molecule has 5 rings (SSSR count). The minimum absolute atomic E-state index is 0.0645. The number of nitrogens with one attached hydrogen (secondary N) is 1. The summed E-state index contributed by atoms with van der Waals surface area (Å²) in [5, 5.41) is 12.4. The fraction of sp³-hybridized carbons (Fsp3) is 0.750. The molecule has 1 saturated heterocycles. The number of hydrogen-bond donors (Lipinski definition) is 2. The van der Waals surface area contributed by atoms with Gasteiger partial charge in [0.2, 0.25) is 5.91 Å². The molecule has 1 aliphatic heterocycles. The van der Waals surface area contributed by atoms with Crippen LogP contribution in [-0.4, -0.2) is 53.4 Å². The summed E-state index contributed by atoms with van der Waals surface area (Å²) in [4.78, 5) is 29.6. The first-order valence-corrected chi connectivity index (χ1v) is 13.8. The predicted molar refractivity (Wildman–Crippen MR) is 131 cm³/mol. The molecule has 3 fully saturated rings. The lowest BCUT2D eigenvalue weighted by molar-refractivity contribution is -0.146. The Balaban J connectivity index is 0.999. The minimum Gasteiger partial charge on any atom is -0.480 e. The Hall–Kier alpha value is -1.99. The summed E-state index contributed by atoms with van der Waals surface area (Å²) in [5.41, 5.74) is 3.44. The van der Waals surface area contributed by atoms with Crippen molar-refractivity contribution in [2.24, 2.45) is 11.3 Å². The van der Waals surface area contributed by atoms with E-state index in [0.717, 1.165) is 64.2 Å². The van der Waals surface area contributed by atoms with Crippen molar-refractivity contribution >= 4 is 11.9 Å². The van der Waals surface area contributed by atoms with Crippen LogP contribution >= 0.6 is 0 Å². The van der Waals surface area contributed by atoms with Crippen LogP contribution < -0.4 is 5.32 Å². The van der Waals surface area contributed by atoms with Crippen molar-refractivity contribution in [2.75, 3.05) is 13.2 Å². The first kappa shape index (κ1) is 24.7. The maximum atomic E-state index is 12.9. The van der Waals surface area contributed by atoms with Gasteiger partial charge in [0.25, 0.3) is 0 Å². The molecule has 2 atom stereocenters. The van der Waals surface area contributed by atoms with Crippen molar-refractivity contribution in [3.63, 3.8) is 0 Å². The van der Waals surface area contributed by atoms with E-state index >= 15 is 0 Å². The number of fused-ring (bicyclic) bond motifs is 1. The van der Waals surface area contributed by atoms with Gasteiger partial charge in [-0.2, -0.15) is 0 Å². The highest BCUT2D eigenvalue weighted by atomic mass is 16.5. The van der Waals surface area contributed by atoms with Crippen molar-refractivity contribution in [3.8, 4) is 0 Å². The molecule has 1 amide bonds. The molecule has 7 heteroatoms. The lowest BCUT2D eigenvalue weighted by atomic mass is 9.79. The number of nitrogens with zero attached hydrogens (tertiary/aromatic N) is 1. The Morgan fingerprint density at radius 2 is 2.00 bits per heavy atom. The smallest absolute Gasteiger partial charge is 0.326 e. The van der Waals surface area contributed by atoms with E-state index in [0.29, 0.717) is 25.6 Å². The Kier molecular flexibility index (Phi) is 7.73. The van der Waals surface area contributed by atoms with Crippen LogP contribution in [0.25, 0.3) is 0 Å². The van der Waals surface area contributed by atoms with Crippen molar-refractivity contribution < 1.29 is 24.2 Å². The van der Waals surface area contributed by atoms with Gasteiger partial charge in [-0.05, 0) is 101 Å². The fourth-order valence-corrected chi connectivity index (χ4v) is 6.08. The molecule has 2 saturated carbocycles. The van der Waals surface area contributed by atoms with E-state index in [9.17, 15) is 14.7 Å². The van der Waals surface area contributed by atoms with Crippen molar-refractivity contribution in [2.45, 2.75) is 108 Å². The van der Waals surface area contributed by atoms with E-state index in [1.165, 1.54) is 36.2 Å². The molecule has 2 heterocycles. The quantitative estimate of drug-likeness (QED) is 0.493. The van der Waals surface area contributed by atoms with Gasteiger partial charge in [0.1, 0.15) is 6.04 Å². The Morgan fingerprint density at radius 3 is 2.74 bits per heavy atom. The van der Waals surface area contributed by atoms with Gasteiger partial charge in [0.05, 0.1) is 17.6 Å². The first-order chi connectivity index (χ1) is 17.0. The largest absolute Gasteiger partial charge is 0.480 e. The van der Waals surface area contributed by atoms with Gasteiger partial charge in [0.15, 0.2) is 0 Å². The SMILES string of the molecule is O=C(O)C(CCOC1CC(CCc2ccc3c(n2)CCCC3)C1)NC(=O)C1(C2CCCCO2)CC1. The molecule has 1 aromatic heterocycles. The van der Waals surface area contributed by atoms with E-state index in [-0.39, 0.29) is 18.1 Å². The second kappa shape index (κ2) is 11.0. The molecule has 2 unspecified atom stereocenters. The first-order valence-electron chi connectivity index (χ1n) is 13.8. The Labute approximate surface area is 208 Å². The number of ether oxygens (including phenoxy) is 2. The second-order valence-electron chi connectivity index (χ2n) is 11.1. The summed E-state index contributed by atoms with van der Waals surface area (Å²) in [7, 11) is 0. The van der Waals surface area contributed by atoms with Crippen LogP contribution in [0.4, 0.5) is 0 Å². The number of rotatable bonds is 11. The third-order valence-electron chi connectivity index (χ3n) is 8.64. The van der Waals surface area contributed by atoms with Gasteiger partial charge in [-0.1, -0.05) is 6.07 Å². The summed E-state index contributed by atoms with van der Waals surface area (Å²) in [6, 6.07) is 3.56. The molecule has 3 aliphatic carbocycles. The minimum atomic E-state index is -0.994. The van der Waals surface area contributed by atoms with Crippen LogP contribution in [0.1, 0.15) is 87.6 Å². The molecule has 2 N–H and O–H groups in total. The van der Waals surface area contributed by atoms with E-state index in [1.54, 1.807) is 0 Å². The molecule has 0 radical (unpaired) electrons. The highest BCUT2D eigenvalue weighted by molar-refractivity contribution is 5.89. The summed E-state index contributed by atoms with van der Waals surface area (Å²) in [6.45, 7) is 1.05. The lowest BCUT2D eigenvalue weighted by Gasteiger charge is -2.35. The maximum absolute atomic E-state index is 12.9. The van der Waals surface area contributed by atoms with E-state index < -0.39 is 17.4 Å². The normalized spacial score (nSPS) is 27.8. The number of aryl methyl sites for hydroxylation is 3. The number of pyridine rings is 1. The topological polar surface area (TPSA) is 97.8 Å². The summed E-state index contributed by atoms with van der Waals surface area (Å²) in [6.07, 6.45) is 14.0. The van der Waals surface area contributed by atoms with Gasteiger partial charge in [0, 0.05) is 31.0 Å². The van der Waals surface area contributed by atoms with Crippen LogP contribution in [0.5, 0.6) is 0 Å². The van der Waals surface area contributed by atoms with Crippen molar-refractivity contribution in [1.29, 1.82) is 0 Å². The van der Waals surface area contributed by atoms with Crippen molar-refractivity contribution in [1.82, 2.24) is 10.3 Å². The van der Waals surface area contributed by atoms with Crippen LogP contribution in [0.3, 0.4) is 0 Å². The monoisotopic (exact) mass is 484 g/mol. The van der Waals surface area contributed by atoms with E-state index in [2.05, 4.69) is 17.4 Å². The highest BCUT2D eigenvalue weighted by Crippen LogP contribution is 2.52. The standard InChI is InChI=1S/C28H40N2O5/c31-26(32)24(30-27(33)28(13-14-28)25-7-3-4-15-35-25)12-16-34-22-17-19(18-22)8-10-21-11-9-20-5-1-2-6-23(20)29-21/h9,11,19,22,24-25H,1-8,10,12-18H2,(H,30,33)(H,31,32). The summed E-state index contributed by atoms with van der Waals surface area (Å²) in [5.74, 6) is -0.499. The molecule has 1 aromatic rings. The third kappa shape index (κ3) is 5.88. The van der Waals surface area contributed by atoms with Gasteiger partial charge < -0.3 is 19.9 Å². The molecule has 35 heavy (non-hydrogen) atoms. The van der Waals surface area contributed by atoms with Crippen molar-refractivity contribution in [3.05, 3.63) is 29.1 Å². The number of aromatic nitrogens is 1. The molecule has 192 valence electrons. The zero-order chi connectivity index (χ0) is 24.3. The number of amides is 1. The maximum Gasteiger partial charge on any atom is 0.326 e. The number of hydrogen-bond acceptors (Lipinski definition) is 5. The molecular formula is C28H40N2O5. The zero-order valence-electron chi connectivity index (χ0n) is 20.8. The fourth-order valence-electron chi connectivity index (χ4n) is 6.08. The van der Waals surface area contributed by atoms with Crippen LogP contribution in [0, 0.1) is 11.3 Å². The zero-order valence-corrected chi connectivity index (χ0v) is 20.8. The van der Waals surface area contributed by atoms with Gasteiger partial charge in [-0.3, -0.25) is 9.78 Å². The molecule has 4 aliphatic rings. The van der Waals surface area contributed by atoms with Crippen LogP contribution in [0.2, 0.25) is 0 Å². The molecule has 7 nitrogen and oxygen atoms in total. The average molecular weight is 485 g/mol. The number of aliphatic carboxylic acids is 1. The van der Waals surface area contributed by atoms with Crippen LogP contribution in [-0.2, 0) is 38.3 Å². The summed E-state index contributed by atoms with van der Waals surface area (Å²) < 4.78 is 11.8. The Bertz CT molecular complexity index is 903. The number of carbonyl (C=O) groups is 2. The van der Waals surface area contributed by atoms with E-state index in [1.807, 2.05) is 0 Å². The third-order valence-corrected chi connectivity index (χ3v) is 8.64. The van der Waals surface area contributed by atoms with Gasteiger partial charge >= 0.3 is 5.97 Å². The molecular weight excluding hydrogens is 444 g/mol. The molecule has 0 aromatic carbocycles. The predicted octanol–water partition coefficient (Wildman–Crippen LogP) is 4.00. The lowest BCUT2D eigenvalue weighted by Crippen LogP contribution is -2.49. The second-order valence-corrected chi connectivity index (χ2v) is 11.1. The Morgan fingerprint density at radius 1 is 1.17 bits per heavy atom. The molecule has 0 bridgehead atoms. The highest BCUT2D eigenvalue weighted by Gasteiger charge is 2.57. The summed E-state index contributed by atoms with van der Waals surface area (Å²) >= 11 is 0. The number of carbonyl (C=O) groups excluding carboxylic acids is 1. The number of carboxylic acids is 1. The number of carboxylic acid groups (broad SMARTS) is 1. The van der Waals surface area contributed by atoms with Gasteiger partial charge in [-0.15, -0.1) is 0 Å². The van der Waals surface area contributed by atoms with Gasteiger partial charge in [-0.25, -0.2) is 4.79 Å². The van der Waals surface area contributed by atoms with Crippen LogP contribution in [0.15, 0.2) is 12.1 Å².